The topological polar surface area (TPSA) is 112 Å². The van der Waals surface area contributed by atoms with Crippen LogP contribution in [0.15, 0.2) is 11.2 Å². The zero-order valence-electron chi connectivity index (χ0n) is 10.3. The van der Waals surface area contributed by atoms with E-state index in [4.69, 9.17) is 5.11 Å². The van der Waals surface area contributed by atoms with Crippen molar-refractivity contribution in [2.45, 2.75) is 31.7 Å². The first-order valence-electron chi connectivity index (χ1n) is 5.57. The molecule has 0 aliphatic rings. The second-order valence-electron chi connectivity index (χ2n) is 4.11. The standard InChI is InChI=1S/C10H17N3O4S/c1-7(10(14)15)4-3-5-12-18(16,17)9-6-11-8(2)13-9/h6-7,12H,3-5H2,1-2H3,(H,11,13)(H,14,15). The summed E-state index contributed by atoms with van der Waals surface area (Å²) in [6, 6.07) is 0. The van der Waals surface area contributed by atoms with E-state index in [1.165, 1.54) is 6.20 Å². The number of nitrogens with one attached hydrogen (secondary N) is 2. The van der Waals surface area contributed by atoms with E-state index in [1.54, 1.807) is 13.8 Å². The number of H-pyrrole nitrogens is 1. The van der Waals surface area contributed by atoms with Crippen LogP contribution in [0, 0.1) is 12.8 Å². The van der Waals surface area contributed by atoms with Crippen LogP contribution in [-0.2, 0) is 14.8 Å². The van der Waals surface area contributed by atoms with Crippen molar-refractivity contribution in [2.24, 2.45) is 5.92 Å². The monoisotopic (exact) mass is 275 g/mol. The lowest BCUT2D eigenvalue weighted by Gasteiger charge is -2.07. The third-order valence-electron chi connectivity index (χ3n) is 2.50. The van der Waals surface area contributed by atoms with Crippen LogP contribution in [0.2, 0.25) is 0 Å². The van der Waals surface area contributed by atoms with E-state index in [1.807, 2.05) is 0 Å². The number of nitrogens with zero attached hydrogens (tertiary/aromatic N) is 1. The Balaban J connectivity index is 2.42. The molecule has 0 spiro atoms. The Morgan fingerprint density at radius 3 is 2.78 bits per heavy atom. The summed E-state index contributed by atoms with van der Waals surface area (Å²) < 4.78 is 25.8. The number of carboxylic acid groups (broad SMARTS) is 1. The molecule has 0 fully saturated rings. The van der Waals surface area contributed by atoms with E-state index in [9.17, 15) is 13.2 Å². The third kappa shape index (κ3) is 4.11. The molecular formula is C10H17N3O4S. The van der Waals surface area contributed by atoms with Crippen LogP contribution >= 0.6 is 0 Å². The molecule has 1 atom stereocenters. The summed E-state index contributed by atoms with van der Waals surface area (Å²) in [7, 11) is -3.57. The maximum absolute atomic E-state index is 11.7. The van der Waals surface area contributed by atoms with Crippen LogP contribution in [0.4, 0.5) is 0 Å². The van der Waals surface area contributed by atoms with E-state index in [0.29, 0.717) is 18.7 Å². The molecule has 1 aromatic heterocycles. The Morgan fingerprint density at radius 2 is 2.28 bits per heavy atom. The van der Waals surface area contributed by atoms with Crippen LogP contribution in [-0.4, -0.2) is 36.0 Å². The van der Waals surface area contributed by atoms with Gasteiger partial charge in [-0.05, 0) is 19.8 Å². The summed E-state index contributed by atoms with van der Waals surface area (Å²) in [5.74, 6) is -0.819. The van der Waals surface area contributed by atoms with Crippen molar-refractivity contribution in [3.63, 3.8) is 0 Å². The van der Waals surface area contributed by atoms with Gasteiger partial charge in [0.2, 0.25) is 0 Å². The first kappa shape index (κ1) is 14.7. The van der Waals surface area contributed by atoms with Crippen molar-refractivity contribution in [3.8, 4) is 0 Å². The molecular weight excluding hydrogens is 258 g/mol. The number of carbonyl (C=O) groups is 1. The van der Waals surface area contributed by atoms with Gasteiger partial charge in [0.15, 0.2) is 5.03 Å². The molecule has 0 bridgehead atoms. The zero-order valence-corrected chi connectivity index (χ0v) is 11.1. The highest BCUT2D eigenvalue weighted by molar-refractivity contribution is 7.89. The minimum Gasteiger partial charge on any atom is -0.481 e. The molecule has 0 radical (unpaired) electrons. The lowest BCUT2D eigenvalue weighted by atomic mass is 10.1. The van der Waals surface area contributed by atoms with Crippen molar-refractivity contribution in [1.82, 2.24) is 14.7 Å². The molecule has 102 valence electrons. The van der Waals surface area contributed by atoms with Crippen molar-refractivity contribution >= 4 is 16.0 Å². The second kappa shape index (κ2) is 5.96. The minimum absolute atomic E-state index is 0.0197. The predicted molar refractivity (Wildman–Crippen MR) is 64.5 cm³/mol. The van der Waals surface area contributed by atoms with Gasteiger partial charge in [-0.15, -0.1) is 0 Å². The summed E-state index contributed by atoms with van der Waals surface area (Å²) in [6.45, 7) is 3.46. The van der Waals surface area contributed by atoms with E-state index >= 15 is 0 Å². The number of imidazole rings is 1. The van der Waals surface area contributed by atoms with Crippen molar-refractivity contribution < 1.29 is 18.3 Å². The van der Waals surface area contributed by atoms with Crippen LogP contribution in [0.3, 0.4) is 0 Å². The molecule has 1 heterocycles. The Hall–Kier alpha value is -1.41. The van der Waals surface area contributed by atoms with Gasteiger partial charge >= 0.3 is 5.97 Å². The predicted octanol–water partition coefficient (Wildman–Crippen LogP) is 0.497. The first-order valence-corrected chi connectivity index (χ1v) is 7.05. The highest BCUT2D eigenvalue weighted by Crippen LogP contribution is 2.07. The summed E-state index contributed by atoms with van der Waals surface area (Å²) >= 11 is 0. The lowest BCUT2D eigenvalue weighted by Crippen LogP contribution is -2.25. The summed E-state index contributed by atoms with van der Waals surface area (Å²) in [6.07, 6.45) is 2.15. The molecule has 0 saturated carbocycles. The van der Waals surface area contributed by atoms with Gasteiger partial charge in [-0.3, -0.25) is 4.79 Å². The zero-order chi connectivity index (χ0) is 13.8. The van der Waals surface area contributed by atoms with Gasteiger partial charge in [-0.2, -0.15) is 0 Å². The number of sulfonamides is 1. The Morgan fingerprint density at radius 1 is 1.61 bits per heavy atom. The maximum Gasteiger partial charge on any atom is 0.306 e. The van der Waals surface area contributed by atoms with Crippen LogP contribution < -0.4 is 4.72 Å². The molecule has 1 aromatic rings. The van der Waals surface area contributed by atoms with Gasteiger partial charge in [0.05, 0.1) is 12.1 Å². The number of aromatic amines is 1. The highest BCUT2D eigenvalue weighted by Gasteiger charge is 2.16. The molecule has 0 aliphatic carbocycles. The number of hydrogen-bond donors (Lipinski definition) is 3. The summed E-state index contributed by atoms with van der Waals surface area (Å²) in [4.78, 5) is 17.0. The Bertz CT molecular complexity index is 509. The van der Waals surface area contributed by atoms with Crippen LogP contribution in [0.5, 0.6) is 0 Å². The average Bonchev–Trinajstić information content (AvgIpc) is 2.71. The number of carboxylic acids is 1. The van der Waals surface area contributed by atoms with Gasteiger partial charge in [-0.25, -0.2) is 18.1 Å². The lowest BCUT2D eigenvalue weighted by molar-refractivity contribution is -0.141. The SMILES string of the molecule is Cc1ncc(S(=O)(=O)NCCCC(C)C(=O)O)[nH]1. The highest BCUT2D eigenvalue weighted by atomic mass is 32.2. The van der Waals surface area contributed by atoms with Crippen molar-refractivity contribution in [3.05, 3.63) is 12.0 Å². The number of aliphatic carboxylic acids is 1. The van der Waals surface area contributed by atoms with Gasteiger partial charge in [0, 0.05) is 6.54 Å². The summed E-state index contributed by atoms with van der Waals surface area (Å²) in [5.41, 5.74) is 0. The van der Waals surface area contributed by atoms with E-state index in [0.717, 1.165) is 0 Å². The maximum atomic E-state index is 11.7. The first-order chi connectivity index (χ1) is 8.33. The fourth-order valence-corrected chi connectivity index (χ4v) is 2.39. The van der Waals surface area contributed by atoms with E-state index in [2.05, 4.69) is 14.7 Å². The molecule has 0 aliphatic heterocycles. The van der Waals surface area contributed by atoms with Crippen LogP contribution in [0.25, 0.3) is 0 Å². The normalized spacial score (nSPS) is 13.4. The molecule has 7 nitrogen and oxygen atoms in total. The number of aromatic nitrogens is 2. The molecule has 18 heavy (non-hydrogen) atoms. The fourth-order valence-electron chi connectivity index (χ4n) is 1.35. The largest absolute Gasteiger partial charge is 0.481 e. The third-order valence-corrected chi connectivity index (χ3v) is 3.87. The van der Waals surface area contributed by atoms with Gasteiger partial charge < -0.3 is 10.1 Å². The van der Waals surface area contributed by atoms with E-state index in [-0.39, 0.29) is 11.6 Å². The quantitative estimate of drug-likeness (QED) is 0.627. The number of aryl methyl sites for hydroxylation is 1. The van der Waals surface area contributed by atoms with Crippen molar-refractivity contribution in [2.75, 3.05) is 6.54 Å². The Labute approximate surface area is 106 Å². The smallest absolute Gasteiger partial charge is 0.306 e. The van der Waals surface area contributed by atoms with E-state index < -0.39 is 21.9 Å². The summed E-state index contributed by atoms with van der Waals surface area (Å²) in [5, 5.41) is 8.69. The molecule has 3 N–H and O–H groups in total. The van der Waals surface area contributed by atoms with Gasteiger partial charge in [0.1, 0.15) is 5.82 Å². The Kier molecular flexibility index (Phi) is 4.85. The number of rotatable bonds is 7. The van der Waals surface area contributed by atoms with Crippen molar-refractivity contribution in [1.29, 1.82) is 0 Å². The molecule has 8 heteroatoms. The molecule has 0 aromatic carbocycles. The molecule has 1 unspecified atom stereocenters. The minimum atomic E-state index is -3.57. The molecule has 1 rings (SSSR count). The average molecular weight is 275 g/mol. The van der Waals surface area contributed by atoms with Gasteiger partial charge in [0.25, 0.3) is 10.0 Å². The molecule has 0 amide bonds. The second-order valence-corrected chi connectivity index (χ2v) is 5.85. The molecule has 0 saturated heterocycles. The van der Waals surface area contributed by atoms with Crippen LogP contribution in [0.1, 0.15) is 25.6 Å². The fraction of sp³-hybridized carbons (Fsp3) is 0.600. The number of hydrogen-bond acceptors (Lipinski definition) is 4. The van der Waals surface area contributed by atoms with Gasteiger partial charge in [-0.1, -0.05) is 6.92 Å².